The summed E-state index contributed by atoms with van der Waals surface area (Å²) in [6.07, 6.45) is 3.56. The number of anilines is 1. The number of nitro benzene ring substituents is 1. The first-order valence-corrected chi connectivity index (χ1v) is 7.81. The molecule has 0 amide bonds. The molecule has 0 aliphatic carbocycles. The number of aromatic nitrogens is 2. The van der Waals surface area contributed by atoms with Gasteiger partial charge in [0.15, 0.2) is 0 Å². The number of likely N-dealkylation sites (tertiary alicyclic amines) is 1. The van der Waals surface area contributed by atoms with Crippen molar-refractivity contribution in [2.75, 3.05) is 18.8 Å². The second-order valence-electron chi connectivity index (χ2n) is 5.74. The van der Waals surface area contributed by atoms with Gasteiger partial charge in [-0.25, -0.2) is 9.97 Å². The van der Waals surface area contributed by atoms with Gasteiger partial charge in [0.25, 0.3) is 5.69 Å². The van der Waals surface area contributed by atoms with Crippen molar-refractivity contribution < 1.29 is 9.66 Å². The molecule has 8 heteroatoms. The minimum atomic E-state index is -0.416. The van der Waals surface area contributed by atoms with Crippen molar-refractivity contribution in [2.45, 2.75) is 25.5 Å². The molecular formula is C16H19N5O3. The lowest BCUT2D eigenvalue weighted by molar-refractivity contribution is -0.384. The van der Waals surface area contributed by atoms with Crippen LogP contribution in [0.25, 0.3) is 0 Å². The number of nitrogens with zero attached hydrogens (tertiary/aromatic N) is 4. The highest BCUT2D eigenvalue weighted by Crippen LogP contribution is 2.22. The van der Waals surface area contributed by atoms with Gasteiger partial charge in [0.1, 0.15) is 23.5 Å². The third-order valence-corrected chi connectivity index (χ3v) is 3.98. The average Bonchev–Trinajstić information content (AvgIpc) is 2.57. The molecule has 8 nitrogen and oxygen atoms in total. The molecule has 1 aliphatic heterocycles. The summed E-state index contributed by atoms with van der Waals surface area (Å²) in [4.78, 5) is 20.9. The van der Waals surface area contributed by atoms with Gasteiger partial charge in [0.2, 0.25) is 0 Å². The maximum absolute atomic E-state index is 10.7. The molecule has 2 N–H and O–H groups in total. The molecule has 1 aromatic carbocycles. The van der Waals surface area contributed by atoms with Crippen LogP contribution in [-0.4, -0.2) is 39.0 Å². The van der Waals surface area contributed by atoms with Crippen LogP contribution in [-0.2, 0) is 6.54 Å². The van der Waals surface area contributed by atoms with E-state index in [1.54, 1.807) is 24.4 Å². The number of nitrogens with two attached hydrogens (primary N) is 1. The summed E-state index contributed by atoms with van der Waals surface area (Å²) in [5.41, 5.74) is 5.74. The Morgan fingerprint density at radius 1 is 1.25 bits per heavy atom. The van der Waals surface area contributed by atoms with Crippen molar-refractivity contribution in [3.63, 3.8) is 0 Å². The number of piperidine rings is 1. The summed E-state index contributed by atoms with van der Waals surface area (Å²) >= 11 is 0. The van der Waals surface area contributed by atoms with E-state index in [9.17, 15) is 10.1 Å². The predicted molar refractivity (Wildman–Crippen MR) is 88.5 cm³/mol. The van der Waals surface area contributed by atoms with Crippen LogP contribution in [0.5, 0.6) is 5.75 Å². The van der Waals surface area contributed by atoms with E-state index in [1.807, 2.05) is 0 Å². The highest BCUT2D eigenvalue weighted by molar-refractivity contribution is 5.36. The highest BCUT2D eigenvalue weighted by atomic mass is 16.6. The first kappa shape index (κ1) is 16.1. The summed E-state index contributed by atoms with van der Waals surface area (Å²) in [7, 11) is 0. The third-order valence-electron chi connectivity index (χ3n) is 3.98. The number of ether oxygens (including phenoxy) is 1. The van der Waals surface area contributed by atoms with Crippen molar-refractivity contribution in [1.82, 2.24) is 14.9 Å². The van der Waals surface area contributed by atoms with Gasteiger partial charge in [0.05, 0.1) is 11.5 Å². The minimum absolute atomic E-state index is 0.0688. The number of benzene rings is 1. The van der Waals surface area contributed by atoms with Crippen molar-refractivity contribution in [1.29, 1.82) is 0 Å². The van der Waals surface area contributed by atoms with E-state index in [1.165, 1.54) is 12.1 Å². The quantitative estimate of drug-likeness (QED) is 0.660. The van der Waals surface area contributed by atoms with Crippen LogP contribution in [0.1, 0.15) is 18.7 Å². The molecule has 2 heterocycles. The average molecular weight is 329 g/mol. The fourth-order valence-corrected chi connectivity index (χ4v) is 2.72. The fourth-order valence-electron chi connectivity index (χ4n) is 2.72. The van der Waals surface area contributed by atoms with Crippen LogP contribution < -0.4 is 10.5 Å². The Labute approximate surface area is 139 Å². The van der Waals surface area contributed by atoms with Crippen LogP contribution in [0, 0.1) is 10.1 Å². The molecule has 2 aromatic rings. The molecule has 0 atom stereocenters. The van der Waals surface area contributed by atoms with Crippen LogP contribution in [0.15, 0.2) is 36.5 Å². The van der Waals surface area contributed by atoms with Crippen molar-refractivity contribution in [3.05, 3.63) is 52.5 Å². The molecule has 0 spiro atoms. The smallest absolute Gasteiger partial charge is 0.269 e. The number of nitrogen functional groups attached to an aromatic ring is 1. The first-order chi connectivity index (χ1) is 11.6. The van der Waals surface area contributed by atoms with E-state index in [0.717, 1.165) is 31.8 Å². The summed E-state index contributed by atoms with van der Waals surface area (Å²) in [5, 5.41) is 10.7. The Morgan fingerprint density at radius 2 is 1.96 bits per heavy atom. The van der Waals surface area contributed by atoms with Gasteiger partial charge in [-0.2, -0.15) is 0 Å². The molecule has 0 unspecified atom stereocenters. The molecule has 0 bridgehead atoms. The van der Waals surface area contributed by atoms with Crippen LogP contribution in [0.2, 0.25) is 0 Å². The Kier molecular flexibility index (Phi) is 4.85. The lowest BCUT2D eigenvalue weighted by atomic mass is 10.1. The molecule has 1 aliphatic rings. The number of nitro groups is 1. The van der Waals surface area contributed by atoms with Crippen LogP contribution in [0.3, 0.4) is 0 Å². The molecule has 3 rings (SSSR count). The van der Waals surface area contributed by atoms with Crippen molar-refractivity contribution >= 4 is 11.5 Å². The summed E-state index contributed by atoms with van der Waals surface area (Å²) in [6, 6.07) is 7.88. The zero-order valence-corrected chi connectivity index (χ0v) is 13.2. The standard InChI is InChI=1S/C16H19N5O3/c17-15-5-8-18-16(19-15)11-20-9-6-14(7-10-20)24-13-3-1-12(2-4-13)21(22)23/h1-5,8,14H,6-7,9-11H2,(H2,17,18,19). The zero-order valence-electron chi connectivity index (χ0n) is 13.2. The molecule has 1 saturated heterocycles. The van der Waals surface area contributed by atoms with Gasteiger partial charge < -0.3 is 10.5 Å². The molecule has 24 heavy (non-hydrogen) atoms. The second kappa shape index (κ2) is 7.22. The molecule has 0 saturated carbocycles. The van der Waals surface area contributed by atoms with Gasteiger partial charge in [-0.1, -0.05) is 0 Å². The Morgan fingerprint density at radius 3 is 2.58 bits per heavy atom. The van der Waals surface area contributed by atoms with Gasteiger partial charge in [-0.15, -0.1) is 0 Å². The number of hydrogen-bond donors (Lipinski definition) is 1. The van der Waals surface area contributed by atoms with Crippen molar-refractivity contribution in [2.24, 2.45) is 0 Å². The van der Waals surface area contributed by atoms with E-state index in [2.05, 4.69) is 14.9 Å². The highest BCUT2D eigenvalue weighted by Gasteiger charge is 2.21. The maximum Gasteiger partial charge on any atom is 0.269 e. The van der Waals surface area contributed by atoms with Crippen molar-refractivity contribution in [3.8, 4) is 5.75 Å². The lowest BCUT2D eigenvalue weighted by Crippen LogP contribution is -2.38. The molecule has 1 aromatic heterocycles. The third kappa shape index (κ3) is 4.17. The largest absolute Gasteiger partial charge is 0.490 e. The van der Waals surface area contributed by atoms with Gasteiger partial charge in [0, 0.05) is 31.4 Å². The number of non-ortho nitro benzene ring substituents is 1. The normalized spacial score (nSPS) is 16.0. The topological polar surface area (TPSA) is 107 Å². The predicted octanol–water partition coefficient (Wildman–Crippen LogP) is 2.01. The number of rotatable bonds is 5. The Hall–Kier alpha value is -2.74. The van der Waals surface area contributed by atoms with E-state index in [0.29, 0.717) is 18.1 Å². The lowest BCUT2D eigenvalue weighted by Gasteiger charge is -2.31. The molecule has 126 valence electrons. The summed E-state index contributed by atoms with van der Waals surface area (Å²) < 4.78 is 5.91. The fraction of sp³-hybridized carbons (Fsp3) is 0.375. The minimum Gasteiger partial charge on any atom is -0.490 e. The van der Waals surface area contributed by atoms with Gasteiger partial charge in [-0.05, 0) is 31.0 Å². The maximum atomic E-state index is 10.7. The molecule has 1 fully saturated rings. The summed E-state index contributed by atoms with van der Waals surface area (Å²) in [6.45, 7) is 2.45. The SMILES string of the molecule is Nc1ccnc(CN2CCC(Oc3ccc([N+](=O)[O-])cc3)CC2)n1. The Balaban J connectivity index is 1.49. The van der Waals surface area contributed by atoms with E-state index >= 15 is 0 Å². The molecular weight excluding hydrogens is 310 g/mol. The summed E-state index contributed by atoms with van der Waals surface area (Å²) in [5.74, 6) is 1.87. The Bertz CT molecular complexity index is 699. The molecule has 0 radical (unpaired) electrons. The monoisotopic (exact) mass is 329 g/mol. The van der Waals surface area contributed by atoms with E-state index in [4.69, 9.17) is 10.5 Å². The van der Waals surface area contributed by atoms with E-state index < -0.39 is 4.92 Å². The van der Waals surface area contributed by atoms with Gasteiger partial charge in [-0.3, -0.25) is 15.0 Å². The van der Waals surface area contributed by atoms with Crippen LogP contribution >= 0.6 is 0 Å². The first-order valence-electron chi connectivity index (χ1n) is 7.81. The van der Waals surface area contributed by atoms with E-state index in [-0.39, 0.29) is 11.8 Å². The second-order valence-corrected chi connectivity index (χ2v) is 5.74. The van der Waals surface area contributed by atoms with Crippen LogP contribution in [0.4, 0.5) is 11.5 Å². The zero-order chi connectivity index (χ0) is 16.9. The number of hydrogen-bond acceptors (Lipinski definition) is 7. The van der Waals surface area contributed by atoms with Gasteiger partial charge >= 0.3 is 0 Å².